The summed E-state index contributed by atoms with van der Waals surface area (Å²) in [6.45, 7) is 2.57. The third-order valence-electron chi connectivity index (χ3n) is 3.41. The second-order valence-electron chi connectivity index (χ2n) is 4.78. The number of aromatic nitrogens is 3. The predicted molar refractivity (Wildman–Crippen MR) is 74.7 cm³/mol. The van der Waals surface area contributed by atoms with Crippen LogP contribution in [-0.2, 0) is 11.3 Å². The van der Waals surface area contributed by atoms with Gasteiger partial charge < -0.3 is 9.64 Å². The lowest BCUT2D eigenvalue weighted by Gasteiger charge is -2.22. The number of hydrogen-bond acceptors (Lipinski definition) is 4. The molecule has 1 atom stereocenters. The number of fused-ring (bicyclic) bond motifs is 2. The number of nitrogens with one attached hydrogen (secondary N) is 1. The maximum absolute atomic E-state index is 12.4. The number of ether oxygens (including phenoxy) is 1. The van der Waals surface area contributed by atoms with Crippen LogP contribution in [-0.4, -0.2) is 45.2 Å². The van der Waals surface area contributed by atoms with Gasteiger partial charge >= 0.3 is 0 Å². The highest BCUT2D eigenvalue weighted by Crippen LogP contribution is 2.22. The third kappa shape index (κ3) is 1.87. The second kappa shape index (κ2) is 4.71. The predicted octanol–water partition coefficient (Wildman–Crippen LogP) is 0.776. The molecule has 0 bridgehead atoms. The Morgan fingerprint density at radius 1 is 1.55 bits per heavy atom. The zero-order chi connectivity index (χ0) is 14.4. The molecule has 2 aromatic rings. The number of nitrogens with zero attached hydrogens (tertiary/aromatic N) is 3. The van der Waals surface area contributed by atoms with Gasteiger partial charge in [-0.2, -0.15) is 0 Å². The number of carbonyl (C=O) groups excluding carboxylic acids is 1. The molecule has 0 fully saturated rings. The number of H-pyrrole nitrogens is 1. The van der Waals surface area contributed by atoms with E-state index < -0.39 is 0 Å². The number of halogens is 1. The standard InChI is InChI=1S/C12H13BrN4O3/c1-6(5-20-2)16-4-7-10(12(16)19)14-9-3-8(13)15-17(9)11(7)18/h3,6,15H,4-5H2,1-2H3/t6-/m0/s1. The van der Waals surface area contributed by atoms with Crippen LogP contribution in [0.25, 0.3) is 5.65 Å². The molecule has 7 nitrogen and oxygen atoms in total. The number of rotatable bonds is 3. The first-order valence-electron chi connectivity index (χ1n) is 6.13. The maximum Gasteiger partial charge on any atom is 0.278 e. The smallest absolute Gasteiger partial charge is 0.278 e. The summed E-state index contributed by atoms with van der Waals surface area (Å²) < 4.78 is 7.04. The average molecular weight is 341 g/mol. The van der Waals surface area contributed by atoms with Crippen LogP contribution in [0, 0.1) is 0 Å². The fraction of sp³-hybridized carbons (Fsp3) is 0.417. The average Bonchev–Trinajstić information content (AvgIpc) is 2.92. The van der Waals surface area contributed by atoms with E-state index in [1.54, 1.807) is 18.1 Å². The zero-order valence-electron chi connectivity index (χ0n) is 11.0. The van der Waals surface area contributed by atoms with Crippen molar-refractivity contribution in [1.82, 2.24) is 19.5 Å². The van der Waals surface area contributed by atoms with Crippen molar-refractivity contribution >= 4 is 27.5 Å². The van der Waals surface area contributed by atoms with Gasteiger partial charge in [-0.1, -0.05) is 0 Å². The Morgan fingerprint density at radius 2 is 2.30 bits per heavy atom. The maximum atomic E-state index is 12.4. The number of carbonyl (C=O) groups is 1. The fourth-order valence-electron chi connectivity index (χ4n) is 2.41. The van der Waals surface area contributed by atoms with Gasteiger partial charge in [-0.3, -0.25) is 14.7 Å². The highest BCUT2D eigenvalue weighted by atomic mass is 79.9. The topological polar surface area (TPSA) is 79.7 Å². The van der Waals surface area contributed by atoms with Gasteiger partial charge in [0.15, 0.2) is 5.65 Å². The summed E-state index contributed by atoms with van der Waals surface area (Å²) in [5.41, 5.74) is 0.848. The lowest BCUT2D eigenvalue weighted by molar-refractivity contribution is 0.0584. The second-order valence-corrected chi connectivity index (χ2v) is 5.63. The lowest BCUT2D eigenvalue weighted by Crippen LogP contribution is -2.36. The molecule has 1 amide bonds. The summed E-state index contributed by atoms with van der Waals surface area (Å²) in [7, 11) is 1.58. The van der Waals surface area contributed by atoms with Crippen molar-refractivity contribution in [3.8, 4) is 0 Å². The highest BCUT2D eigenvalue weighted by Gasteiger charge is 2.35. The van der Waals surface area contributed by atoms with Crippen molar-refractivity contribution in [2.75, 3.05) is 13.7 Å². The number of aromatic amines is 1. The Labute approximate surface area is 122 Å². The zero-order valence-corrected chi connectivity index (χ0v) is 12.6. The van der Waals surface area contributed by atoms with Crippen molar-refractivity contribution in [2.45, 2.75) is 19.5 Å². The van der Waals surface area contributed by atoms with E-state index in [1.165, 1.54) is 4.52 Å². The van der Waals surface area contributed by atoms with E-state index in [0.717, 1.165) is 0 Å². The molecule has 0 aliphatic carbocycles. The molecular formula is C12H13BrN4O3. The molecule has 0 saturated carbocycles. The minimum atomic E-state index is -0.240. The van der Waals surface area contributed by atoms with Crippen LogP contribution in [0.1, 0.15) is 23.0 Å². The van der Waals surface area contributed by atoms with Crippen LogP contribution in [0.4, 0.5) is 0 Å². The highest BCUT2D eigenvalue weighted by molar-refractivity contribution is 9.10. The Hall–Kier alpha value is -1.67. The van der Waals surface area contributed by atoms with Gasteiger partial charge in [-0.15, -0.1) is 0 Å². The molecule has 20 heavy (non-hydrogen) atoms. The first-order valence-corrected chi connectivity index (χ1v) is 6.92. The summed E-state index contributed by atoms with van der Waals surface area (Å²) >= 11 is 3.25. The molecule has 3 heterocycles. The minimum absolute atomic E-state index is 0.101. The van der Waals surface area contributed by atoms with Gasteiger partial charge in [0.2, 0.25) is 0 Å². The van der Waals surface area contributed by atoms with Crippen molar-refractivity contribution in [1.29, 1.82) is 0 Å². The quantitative estimate of drug-likeness (QED) is 0.895. The first-order chi connectivity index (χ1) is 9.52. The molecule has 0 aromatic carbocycles. The molecule has 0 radical (unpaired) electrons. The monoisotopic (exact) mass is 340 g/mol. The van der Waals surface area contributed by atoms with Gasteiger partial charge in [-0.25, -0.2) is 9.50 Å². The Balaban J connectivity index is 2.10. The molecule has 2 aromatic heterocycles. The molecule has 106 valence electrons. The van der Waals surface area contributed by atoms with Crippen LogP contribution in [0.15, 0.2) is 15.5 Å². The van der Waals surface area contributed by atoms with Crippen LogP contribution < -0.4 is 5.56 Å². The van der Waals surface area contributed by atoms with Gasteiger partial charge in [0, 0.05) is 13.2 Å². The molecule has 0 unspecified atom stereocenters. The SMILES string of the molecule is COC[C@H](C)N1Cc2c(nc3cc(Br)[nH]n3c2=O)C1=O. The van der Waals surface area contributed by atoms with E-state index in [2.05, 4.69) is 26.0 Å². The molecule has 1 aliphatic heterocycles. The van der Waals surface area contributed by atoms with Gasteiger partial charge in [0.25, 0.3) is 11.5 Å². The molecule has 1 aliphatic rings. The fourth-order valence-corrected chi connectivity index (χ4v) is 2.80. The number of methoxy groups -OCH3 is 1. The summed E-state index contributed by atoms with van der Waals surface area (Å²) in [4.78, 5) is 30.6. The van der Waals surface area contributed by atoms with Crippen LogP contribution in [0.2, 0.25) is 0 Å². The van der Waals surface area contributed by atoms with E-state index >= 15 is 0 Å². The van der Waals surface area contributed by atoms with Gasteiger partial charge in [0.1, 0.15) is 10.3 Å². The van der Waals surface area contributed by atoms with E-state index in [9.17, 15) is 9.59 Å². The summed E-state index contributed by atoms with van der Waals surface area (Å²) in [6.07, 6.45) is 0. The molecule has 1 N–H and O–H groups in total. The van der Waals surface area contributed by atoms with Crippen molar-refractivity contribution in [2.24, 2.45) is 0 Å². The number of amides is 1. The largest absolute Gasteiger partial charge is 0.383 e. The summed E-state index contributed by atoms with van der Waals surface area (Å²) in [5.74, 6) is -0.221. The third-order valence-corrected chi connectivity index (χ3v) is 3.82. The van der Waals surface area contributed by atoms with Crippen LogP contribution >= 0.6 is 15.9 Å². The first kappa shape index (κ1) is 13.3. The summed E-state index contributed by atoms with van der Waals surface area (Å²) in [6, 6.07) is 1.56. The molecule has 8 heteroatoms. The Bertz CT molecular complexity index is 751. The van der Waals surface area contributed by atoms with Crippen LogP contribution in [0.5, 0.6) is 0 Å². The van der Waals surface area contributed by atoms with E-state index in [-0.39, 0.29) is 29.7 Å². The van der Waals surface area contributed by atoms with E-state index in [0.29, 0.717) is 22.4 Å². The van der Waals surface area contributed by atoms with E-state index in [1.807, 2.05) is 6.92 Å². The molecular weight excluding hydrogens is 328 g/mol. The lowest BCUT2D eigenvalue weighted by atomic mass is 10.2. The molecule has 3 rings (SSSR count). The van der Waals surface area contributed by atoms with Crippen LogP contribution in [0.3, 0.4) is 0 Å². The Morgan fingerprint density at radius 3 is 3.00 bits per heavy atom. The minimum Gasteiger partial charge on any atom is -0.383 e. The van der Waals surface area contributed by atoms with Gasteiger partial charge in [-0.05, 0) is 22.9 Å². The molecule has 0 spiro atoms. The van der Waals surface area contributed by atoms with Crippen molar-refractivity contribution in [3.63, 3.8) is 0 Å². The normalized spacial score (nSPS) is 15.9. The van der Waals surface area contributed by atoms with E-state index in [4.69, 9.17) is 4.74 Å². The summed E-state index contributed by atoms with van der Waals surface area (Å²) in [5, 5.41) is 2.84. The van der Waals surface area contributed by atoms with Crippen molar-refractivity contribution in [3.05, 3.63) is 32.3 Å². The number of hydrogen-bond donors (Lipinski definition) is 1. The van der Waals surface area contributed by atoms with Gasteiger partial charge in [0.05, 0.1) is 24.8 Å². The Kier molecular flexibility index (Phi) is 3.14. The van der Waals surface area contributed by atoms with Crippen molar-refractivity contribution < 1.29 is 9.53 Å². The molecule has 0 saturated heterocycles.